The van der Waals surface area contributed by atoms with E-state index in [4.69, 9.17) is 4.74 Å². The minimum atomic E-state index is -3.95. The predicted octanol–water partition coefficient (Wildman–Crippen LogP) is 2.10. The van der Waals surface area contributed by atoms with Gasteiger partial charge in [0, 0.05) is 19.6 Å². The van der Waals surface area contributed by atoms with Crippen molar-refractivity contribution in [3.63, 3.8) is 0 Å². The van der Waals surface area contributed by atoms with Crippen molar-refractivity contribution < 1.29 is 28.2 Å². The monoisotopic (exact) mass is 505 g/mol. The van der Waals surface area contributed by atoms with E-state index in [0.717, 1.165) is 12.1 Å². The lowest BCUT2D eigenvalue weighted by atomic mass is 10.0. The highest BCUT2D eigenvalue weighted by Gasteiger charge is 2.32. The number of hydrogen-bond donors (Lipinski definition) is 4. The highest BCUT2D eigenvalue weighted by molar-refractivity contribution is 7.89. The summed E-state index contributed by atoms with van der Waals surface area (Å²) >= 11 is 0. The van der Waals surface area contributed by atoms with Crippen LogP contribution in [-0.2, 0) is 21.2 Å². The molecule has 1 aliphatic heterocycles. The predicted molar refractivity (Wildman–Crippen MR) is 133 cm³/mol. The van der Waals surface area contributed by atoms with Gasteiger partial charge in [-0.1, -0.05) is 44.2 Å². The van der Waals surface area contributed by atoms with E-state index in [2.05, 4.69) is 10.6 Å². The molecule has 0 bridgehead atoms. The van der Waals surface area contributed by atoms with Crippen LogP contribution in [0.1, 0.15) is 25.8 Å². The summed E-state index contributed by atoms with van der Waals surface area (Å²) in [4.78, 5) is 12.6. The fraction of sp³-hybridized carbons (Fsp3) is 0.480. The molecule has 0 saturated carbocycles. The van der Waals surface area contributed by atoms with E-state index in [1.54, 1.807) is 0 Å². The van der Waals surface area contributed by atoms with Gasteiger partial charge in [-0.2, -0.15) is 4.31 Å². The molecule has 1 heterocycles. The van der Waals surface area contributed by atoms with Crippen molar-refractivity contribution in [2.24, 2.45) is 5.92 Å². The highest BCUT2D eigenvalue weighted by Crippen LogP contribution is 2.21. The number of aliphatic hydroxyl groups excluding tert-OH is 1. The Hall–Kier alpha value is -2.66. The maximum absolute atomic E-state index is 13.4. The first kappa shape index (κ1) is 26.9. The quantitative estimate of drug-likeness (QED) is 0.368. The van der Waals surface area contributed by atoms with E-state index in [-0.39, 0.29) is 35.8 Å². The zero-order chi connectivity index (χ0) is 25.4. The number of aliphatic hydroxyl groups is 1. The van der Waals surface area contributed by atoms with E-state index < -0.39 is 28.3 Å². The molecule has 10 heteroatoms. The van der Waals surface area contributed by atoms with Crippen LogP contribution in [0, 0.1) is 5.92 Å². The molecule has 0 aromatic heterocycles. The number of carbonyl (C=O) groups excluding carboxylic acids is 1. The molecule has 0 unspecified atom stereocenters. The largest absolute Gasteiger partial charge is 0.508 e. The van der Waals surface area contributed by atoms with E-state index in [1.807, 2.05) is 44.2 Å². The van der Waals surface area contributed by atoms with Gasteiger partial charge in [0.25, 0.3) is 0 Å². The average Bonchev–Trinajstić information content (AvgIpc) is 3.31. The van der Waals surface area contributed by atoms with Crippen LogP contribution in [0.5, 0.6) is 5.75 Å². The Labute approximate surface area is 207 Å². The maximum atomic E-state index is 13.4. The molecule has 0 spiro atoms. The maximum Gasteiger partial charge on any atom is 0.407 e. The summed E-state index contributed by atoms with van der Waals surface area (Å²) in [7, 11) is -3.95. The van der Waals surface area contributed by atoms with Crippen molar-refractivity contribution in [3.05, 3.63) is 60.2 Å². The van der Waals surface area contributed by atoms with Gasteiger partial charge >= 0.3 is 6.09 Å². The Morgan fingerprint density at radius 3 is 2.43 bits per heavy atom. The highest BCUT2D eigenvalue weighted by atomic mass is 32.2. The number of phenols is 1. The number of carbonyl (C=O) groups is 1. The topological polar surface area (TPSA) is 128 Å². The van der Waals surface area contributed by atoms with Gasteiger partial charge in [0.2, 0.25) is 10.0 Å². The molecule has 35 heavy (non-hydrogen) atoms. The molecule has 192 valence electrons. The van der Waals surface area contributed by atoms with Crippen LogP contribution in [0.3, 0.4) is 0 Å². The number of rotatable bonds is 11. The number of nitrogens with one attached hydrogen (secondary N) is 2. The van der Waals surface area contributed by atoms with Crippen LogP contribution in [-0.4, -0.2) is 73.5 Å². The molecule has 3 atom stereocenters. The van der Waals surface area contributed by atoms with Gasteiger partial charge in [0.05, 0.1) is 17.0 Å². The first-order valence-electron chi connectivity index (χ1n) is 11.8. The summed E-state index contributed by atoms with van der Waals surface area (Å²) in [5.41, 5.74) is 0.885. The summed E-state index contributed by atoms with van der Waals surface area (Å²) in [6, 6.07) is 13.9. The van der Waals surface area contributed by atoms with Crippen molar-refractivity contribution in [1.29, 1.82) is 0 Å². The van der Waals surface area contributed by atoms with E-state index in [0.29, 0.717) is 19.4 Å². The minimum Gasteiger partial charge on any atom is -0.508 e. The van der Waals surface area contributed by atoms with Gasteiger partial charge in [-0.25, -0.2) is 13.2 Å². The lowest BCUT2D eigenvalue weighted by Gasteiger charge is -2.30. The number of amides is 1. The summed E-state index contributed by atoms with van der Waals surface area (Å²) in [6.07, 6.45) is -1.07. The minimum absolute atomic E-state index is 0.00513. The van der Waals surface area contributed by atoms with Crippen LogP contribution in [0.25, 0.3) is 0 Å². The van der Waals surface area contributed by atoms with E-state index >= 15 is 0 Å². The number of phenolic OH excluding ortho intramolecular Hbond substituents is 1. The lowest BCUT2D eigenvalue weighted by molar-refractivity contribution is 0.0756. The second-order valence-electron chi connectivity index (χ2n) is 9.24. The molecule has 0 radical (unpaired) electrons. The number of hydrogen-bond acceptors (Lipinski definition) is 7. The fourth-order valence-electron chi connectivity index (χ4n) is 4.00. The van der Waals surface area contributed by atoms with Gasteiger partial charge in [0.1, 0.15) is 11.9 Å². The third-order valence-corrected chi connectivity index (χ3v) is 7.63. The molecular weight excluding hydrogens is 470 g/mol. The van der Waals surface area contributed by atoms with Crippen molar-refractivity contribution in [1.82, 2.24) is 14.9 Å². The number of sulfonamides is 1. The summed E-state index contributed by atoms with van der Waals surface area (Å²) in [5.74, 6) is -0.0445. The van der Waals surface area contributed by atoms with Crippen molar-refractivity contribution in [2.45, 2.75) is 49.8 Å². The first-order chi connectivity index (χ1) is 16.6. The third kappa shape index (κ3) is 7.93. The molecule has 1 fully saturated rings. The SMILES string of the molecule is CC(C)CN(C[C@@H](O)[C@H](Cc1ccccc1)NC(=O)O[C@@H]1CCNC1)S(=O)(=O)c1ccc(O)cc1. The number of ether oxygens (including phenoxy) is 1. The van der Waals surface area contributed by atoms with Crippen LogP contribution in [0.4, 0.5) is 4.79 Å². The molecule has 0 aliphatic carbocycles. The second-order valence-corrected chi connectivity index (χ2v) is 11.2. The average molecular weight is 506 g/mol. The number of alkyl carbamates (subject to hydrolysis) is 1. The summed E-state index contributed by atoms with van der Waals surface area (Å²) < 4.78 is 33.4. The standard InChI is InChI=1S/C25H35N3O6S/c1-18(2)16-28(35(32,33)22-10-8-20(29)9-11-22)17-24(30)23(14-19-6-4-3-5-7-19)27-25(31)34-21-12-13-26-15-21/h3-11,18,21,23-24,26,29-30H,12-17H2,1-2H3,(H,27,31)/t21-,23+,24-/m1/s1. The van der Waals surface area contributed by atoms with Gasteiger partial charge in [-0.15, -0.1) is 0 Å². The molecule has 1 aliphatic rings. The molecular formula is C25H35N3O6S. The summed E-state index contributed by atoms with van der Waals surface area (Å²) in [5, 5.41) is 26.6. The third-order valence-electron chi connectivity index (χ3n) is 5.79. The van der Waals surface area contributed by atoms with Crippen molar-refractivity contribution in [3.8, 4) is 5.75 Å². The smallest absolute Gasteiger partial charge is 0.407 e. The Morgan fingerprint density at radius 2 is 1.83 bits per heavy atom. The molecule has 2 aromatic carbocycles. The molecule has 4 N–H and O–H groups in total. The Balaban J connectivity index is 1.80. The van der Waals surface area contributed by atoms with Gasteiger partial charge in [0.15, 0.2) is 0 Å². The number of benzene rings is 2. The zero-order valence-corrected chi connectivity index (χ0v) is 20.9. The lowest BCUT2D eigenvalue weighted by Crippen LogP contribution is -2.51. The zero-order valence-electron chi connectivity index (χ0n) is 20.1. The Kier molecular flexibility index (Phi) is 9.50. The number of nitrogens with zero attached hydrogens (tertiary/aromatic N) is 1. The van der Waals surface area contributed by atoms with Crippen LogP contribution in [0.15, 0.2) is 59.5 Å². The molecule has 1 amide bonds. The van der Waals surface area contributed by atoms with Gasteiger partial charge < -0.3 is 25.6 Å². The molecule has 1 saturated heterocycles. The van der Waals surface area contributed by atoms with Gasteiger partial charge in [-0.3, -0.25) is 0 Å². The van der Waals surface area contributed by atoms with E-state index in [9.17, 15) is 23.4 Å². The molecule has 3 rings (SSSR count). The fourth-order valence-corrected chi connectivity index (χ4v) is 5.62. The number of aromatic hydroxyl groups is 1. The normalized spacial score (nSPS) is 17.9. The van der Waals surface area contributed by atoms with Gasteiger partial charge in [-0.05, 0) is 55.1 Å². The Morgan fingerprint density at radius 1 is 1.14 bits per heavy atom. The summed E-state index contributed by atoms with van der Waals surface area (Å²) in [6.45, 7) is 5.08. The van der Waals surface area contributed by atoms with Crippen LogP contribution < -0.4 is 10.6 Å². The molecule has 2 aromatic rings. The van der Waals surface area contributed by atoms with Crippen molar-refractivity contribution >= 4 is 16.1 Å². The van der Waals surface area contributed by atoms with Crippen molar-refractivity contribution in [2.75, 3.05) is 26.2 Å². The van der Waals surface area contributed by atoms with Crippen LogP contribution >= 0.6 is 0 Å². The first-order valence-corrected chi connectivity index (χ1v) is 13.3. The van der Waals surface area contributed by atoms with Crippen LogP contribution in [0.2, 0.25) is 0 Å². The molecule has 9 nitrogen and oxygen atoms in total. The Bertz CT molecular complexity index is 1040. The van der Waals surface area contributed by atoms with E-state index in [1.165, 1.54) is 28.6 Å². The second kappa shape index (κ2) is 12.3.